The Morgan fingerprint density at radius 2 is 1.76 bits per heavy atom. The van der Waals surface area contributed by atoms with Crippen molar-refractivity contribution in [3.63, 3.8) is 0 Å². The van der Waals surface area contributed by atoms with Crippen molar-refractivity contribution < 1.29 is 4.79 Å². The average molecular weight is 314 g/mol. The van der Waals surface area contributed by atoms with Crippen LogP contribution < -0.4 is 5.32 Å². The van der Waals surface area contributed by atoms with Gasteiger partial charge in [0.05, 0.1) is 5.38 Å². The quantitative estimate of drug-likeness (QED) is 0.559. The first-order valence-electron chi connectivity index (χ1n) is 9.15. The zero-order valence-electron chi connectivity index (χ0n) is 13.6. The monoisotopic (exact) mass is 313 g/mol. The van der Waals surface area contributed by atoms with Gasteiger partial charge in [0, 0.05) is 12.0 Å². The number of hydrogen-bond acceptors (Lipinski definition) is 1. The number of nitrogens with one attached hydrogen (secondary N) is 1. The minimum Gasteiger partial charge on any atom is -0.352 e. The average Bonchev–Trinajstić information content (AvgIpc) is 2.70. The summed E-state index contributed by atoms with van der Waals surface area (Å²) in [7, 11) is 0. The van der Waals surface area contributed by atoms with Gasteiger partial charge in [0.15, 0.2) is 0 Å². The van der Waals surface area contributed by atoms with Gasteiger partial charge in [-0.2, -0.15) is 0 Å². The van der Waals surface area contributed by atoms with Gasteiger partial charge in [0.2, 0.25) is 5.91 Å². The van der Waals surface area contributed by atoms with Gasteiger partial charge in [-0.25, -0.2) is 0 Å². The summed E-state index contributed by atoms with van der Waals surface area (Å²) in [6.45, 7) is 2.26. The van der Waals surface area contributed by atoms with E-state index in [-0.39, 0.29) is 23.2 Å². The fourth-order valence-electron chi connectivity index (χ4n) is 3.93. The number of carbonyl (C=O) groups excluding carboxylic acids is 1. The van der Waals surface area contributed by atoms with Crippen LogP contribution in [-0.4, -0.2) is 17.3 Å². The van der Waals surface area contributed by atoms with Crippen LogP contribution in [0.5, 0.6) is 0 Å². The van der Waals surface area contributed by atoms with Crippen LogP contribution in [0, 0.1) is 11.8 Å². The molecule has 3 heteroatoms. The lowest BCUT2D eigenvalue weighted by atomic mass is 9.79. The summed E-state index contributed by atoms with van der Waals surface area (Å²) in [4.78, 5) is 12.5. The molecule has 0 aromatic rings. The summed E-state index contributed by atoms with van der Waals surface area (Å²) in [6.07, 6.45) is 14.4. The SMILES string of the molecule is CCCCC1CCC(C(=O)NC2CCCCCC2Cl)CC1. The Morgan fingerprint density at radius 3 is 2.48 bits per heavy atom. The van der Waals surface area contributed by atoms with Crippen LogP contribution in [0.2, 0.25) is 0 Å². The highest BCUT2D eigenvalue weighted by Gasteiger charge is 2.29. The van der Waals surface area contributed by atoms with E-state index in [2.05, 4.69) is 12.2 Å². The van der Waals surface area contributed by atoms with Crippen LogP contribution >= 0.6 is 11.6 Å². The smallest absolute Gasteiger partial charge is 0.223 e. The molecule has 2 aliphatic carbocycles. The molecule has 2 rings (SSSR count). The molecule has 2 atom stereocenters. The molecular formula is C18H32ClNO. The van der Waals surface area contributed by atoms with E-state index in [4.69, 9.17) is 11.6 Å². The molecule has 0 aromatic carbocycles. The van der Waals surface area contributed by atoms with Crippen LogP contribution in [-0.2, 0) is 4.79 Å². The summed E-state index contributed by atoms with van der Waals surface area (Å²) in [5.41, 5.74) is 0. The fourth-order valence-corrected chi connectivity index (χ4v) is 4.27. The third-order valence-electron chi connectivity index (χ3n) is 5.44. The standard InChI is InChI=1S/C18H32ClNO/c1-2-3-7-14-10-12-15(13-11-14)18(21)20-17-9-6-4-5-8-16(17)19/h14-17H,2-13H2,1H3,(H,20,21). The number of amides is 1. The van der Waals surface area contributed by atoms with Crippen molar-refractivity contribution in [2.75, 3.05) is 0 Å². The van der Waals surface area contributed by atoms with Crippen molar-refractivity contribution in [2.24, 2.45) is 11.8 Å². The Hall–Kier alpha value is -0.240. The summed E-state index contributed by atoms with van der Waals surface area (Å²) in [5.74, 6) is 1.39. The maximum atomic E-state index is 12.5. The Kier molecular flexibility index (Phi) is 7.36. The Balaban J connectivity index is 1.73. The molecule has 0 spiro atoms. The molecular weight excluding hydrogens is 282 g/mol. The van der Waals surface area contributed by atoms with Crippen LogP contribution in [0.25, 0.3) is 0 Å². The normalized spacial score (nSPS) is 34.2. The van der Waals surface area contributed by atoms with Crippen molar-refractivity contribution in [1.29, 1.82) is 0 Å². The first kappa shape index (κ1) is 17.1. The van der Waals surface area contributed by atoms with Gasteiger partial charge in [-0.3, -0.25) is 4.79 Å². The lowest BCUT2D eigenvalue weighted by Crippen LogP contribution is -2.44. The number of alkyl halides is 1. The van der Waals surface area contributed by atoms with Gasteiger partial charge < -0.3 is 5.32 Å². The third-order valence-corrected chi connectivity index (χ3v) is 5.97. The predicted octanol–water partition coefficient (Wildman–Crippen LogP) is 5.04. The molecule has 2 nitrogen and oxygen atoms in total. The van der Waals surface area contributed by atoms with Gasteiger partial charge in [-0.05, 0) is 44.4 Å². The number of halogens is 1. The fraction of sp³-hybridized carbons (Fsp3) is 0.944. The molecule has 0 heterocycles. The first-order chi connectivity index (χ1) is 10.2. The molecule has 0 aromatic heterocycles. The Morgan fingerprint density at radius 1 is 1.05 bits per heavy atom. The number of hydrogen-bond donors (Lipinski definition) is 1. The van der Waals surface area contributed by atoms with Gasteiger partial charge >= 0.3 is 0 Å². The number of unbranched alkanes of at least 4 members (excludes halogenated alkanes) is 1. The van der Waals surface area contributed by atoms with Crippen molar-refractivity contribution in [2.45, 2.75) is 95.4 Å². The van der Waals surface area contributed by atoms with E-state index in [0.717, 1.165) is 31.6 Å². The van der Waals surface area contributed by atoms with Crippen LogP contribution in [0.4, 0.5) is 0 Å². The molecule has 0 bridgehead atoms. The largest absolute Gasteiger partial charge is 0.352 e. The zero-order chi connectivity index (χ0) is 15.1. The van der Waals surface area contributed by atoms with Gasteiger partial charge in [0.25, 0.3) is 0 Å². The van der Waals surface area contributed by atoms with E-state index in [0.29, 0.717) is 0 Å². The molecule has 2 aliphatic rings. The van der Waals surface area contributed by atoms with Crippen molar-refractivity contribution in [3.8, 4) is 0 Å². The van der Waals surface area contributed by atoms with Crippen LogP contribution in [0.3, 0.4) is 0 Å². The second-order valence-electron chi connectivity index (χ2n) is 7.13. The van der Waals surface area contributed by atoms with Crippen molar-refractivity contribution in [1.82, 2.24) is 5.32 Å². The second-order valence-corrected chi connectivity index (χ2v) is 7.69. The summed E-state index contributed by atoms with van der Waals surface area (Å²) in [6, 6.07) is 0.208. The Labute approximate surface area is 135 Å². The van der Waals surface area contributed by atoms with Gasteiger partial charge in [0.1, 0.15) is 0 Å². The third kappa shape index (κ3) is 5.47. The molecule has 2 fully saturated rings. The van der Waals surface area contributed by atoms with E-state index in [9.17, 15) is 4.79 Å². The van der Waals surface area contributed by atoms with E-state index in [1.54, 1.807) is 0 Å². The van der Waals surface area contributed by atoms with Crippen molar-refractivity contribution in [3.05, 3.63) is 0 Å². The van der Waals surface area contributed by atoms with Gasteiger partial charge in [-0.15, -0.1) is 11.6 Å². The molecule has 0 aliphatic heterocycles. The van der Waals surface area contributed by atoms with E-state index < -0.39 is 0 Å². The highest BCUT2D eigenvalue weighted by atomic mass is 35.5. The maximum absolute atomic E-state index is 12.5. The van der Waals surface area contributed by atoms with Crippen LogP contribution in [0.1, 0.15) is 84.0 Å². The molecule has 122 valence electrons. The summed E-state index contributed by atoms with van der Waals surface area (Å²) >= 11 is 6.44. The van der Waals surface area contributed by atoms with E-state index >= 15 is 0 Å². The van der Waals surface area contributed by atoms with E-state index in [1.165, 1.54) is 51.4 Å². The highest BCUT2D eigenvalue weighted by Crippen LogP contribution is 2.32. The minimum atomic E-state index is 0.136. The number of carbonyl (C=O) groups is 1. The van der Waals surface area contributed by atoms with Crippen molar-refractivity contribution >= 4 is 17.5 Å². The molecule has 2 unspecified atom stereocenters. The predicted molar refractivity (Wildman–Crippen MR) is 89.6 cm³/mol. The lowest BCUT2D eigenvalue weighted by Gasteiger charge is -2.30. The highest BCUT2D eigenvalue weighted by molar-refractivity contribution is 6.21. The zero-order valence-corrected chi connectivity index (χ0v) is 14.3. The summed E-state index contributed by atoms with van der Waals surface area (Å²) in [5, 5.41) is 3.40. The van der Waals surface area contributed by atoms with Crippen LogP contribution in [0.15, 0.2) is 0 Å². The first-order valence-corrected chi connectivity index (χ1v) is 9.58. The molecule has 0 saturated heterocycles. The molecule has 0 radical (unpaired) electrons. The van der Waals surface area contributed by atoms with E-state index in [1.807, 2.05) is 0 Å². The second kappa shape index (κ2) is 9.02. The lowest BCUT2D eigenvalue weighted by molar-refractivity contribution is -0.127. The number of rotatable bonds is 5. The minimum absolute atomic E-state index is 0.136. The van der Waals surface area contributed by atoms with Gasteiger partial charge in [-0.1, -0.05) is 45.4 Å². The maximum Gasteiger partial charge on any atom is 0.223 e. The summed E-state index contributed by atoms with van der Waals surface area (Å²) < 4.78 is 0. The Bertz CT molecular complexity index is 312. The topological polar surface area (TPSA) is 29.1 Å². The molecule has 1 amide bonds. The molecule has 2 saturated carbocycles. The molecule has 1 N–H and O–H groups in total. The molecule has 21 heavy (non-hydrogen) atoms.